The van der Waals surface area contributed by atoms with Crippen LogP contribution in [0, 0.1) is 0 Å². The SMILES string of the molecule is c1ccc(-c2ccc(N(c3ccc(-c4cccc(-n5c6ccccc6c6ccccc65)c4)cc3)c3ccc4c(c3)oc3ccccc34)cc2)cc1. The van der Waals surface area contributed by atoms with Crippen molar-refractivity contribution in [3.8, 4) is 27.9 Å². The van der Waals surface area contributed by atoms with Gasteiger partial charge in [0.2, 0.25) is 0 Å². The van der Waals surface area contributed by atoms with Gasteiger partial charge in [0.05, 0.1) is 11.0 Å². The van der Waals surface area contributed by atoms with E-state index in [1.54, 1.807) is 0 Å². The summed E-state index contributed by atoms with van der Waals surface area (Å²) in [6.45, 7) is 0. The van der Waals surface area contributed by atoms with Crippen molar-refractivity contribution in [2.24, 2.45) is 0 Å². The highest BCUT2D eigenvalue weighted by Gasteiger charge is 2.17. The molecule has 10 rings (SSSR count). The minimum Gasteiger partial charge on any atom is -0.456 e. The number of nitrogens with zero attached hydrogens (tertiary/aromatic N) is 2. The Morgan fingerprint density at radius 2 is 0.843 bits per heavy atom. The van der Waals surface area contributed by atoms with Gasteiger partial charge in [0, 0.05) is 50.4 Å². The van der Waals surface area contributed by atoms with E-state index in [1.807, 2.05) is 12.1 Å². The molecule has 3 heteroatoms. The van der Waals surface area contributed by atoms with Gasteiger partial charge in [0.25, 0.3) is 0 Å². The van der Waals surface area contributed by atoms with Crippen LogP contribution in [0.15, 0.2) is 199 Å². The van der Waals surface area contributed by atoms with E-state index in [2.05, 4.69) is 191 Å². The van der Waals surface area contributed by atoms with Crippen LogP contribution < -0.4 is 4.90 Å². The smallest absolute Gasteiger partial charge is 0.137 e. The third-order valence-corrected chi connectivity index (χ3v) is 10.00. The number of furan rings is 1. The molecule has 8 aromatic carbocycles. The number of para-hydroxylation sites is 3. The maximum absolute atomic E-state index is 6.34. The first-order chi connectivity index (χ1) is 25.3. The zero-order valence-electron chi connectivity index (χ0n) is 27.8. The third-order valence-electron chi connectivity index (χ3n) is 10.00. The highest BCUT2D eigenvalue weighted by molar-refractivity contribution is 6.09. The zero-order chi connectivity index (χ0) is 33.7. The van der Waals surface area contributed by atoms with E-state index >= 15 is 0 Å². The number of hydrogen-bond donors (Lipinski definition) is 0. The number of fused-ring (bicyclic) bond motifs is 6. The quantitative estimate of drug-likeness (QED) is 0.178. The van der Waals surface area contributed by atoms with Gasteiger partial charge in [-0.3, -0.25) is 0 Å². The summed E-state index contributed by atoms with van der Waals surface area (Å²) in [4.78, 5) is 2.31. The molecule has 0 aliphatic rings. The molecule has 0 radical (unpaired) electrons. The fraction of sp³-hybridized carbons (Fsp3) is 0. The van der Waals surface area contributed by atoms with E-state index in [0.717, 1.165) is 50.3 Å². The molecule has 0 aliphatic heterocycles. The topological polar surface area (TPSA) is 21.3 Å². The maximum Gasteiger partial charge on any atom is 0.137 e. The second kappa shape index (κ2) is 11.9. The maximum atomic E-state index is 6.34. The van der Waals surface area contributed by atoms with Crippen molar-refractivity contribution in [2.75, 3.05) is 4.90 Å². The van der Waals surface area contributed by atoms with Gasteiger partial charge in [0.1, 0.15) is 11.2 Å². The van der Waals surface area contributed by atoms with Crippen molar-refractivity contribution in [1.29, 1.82) is 0 Å². The molecule has 0 saturated heterocycles. The van der Waals surface area contributed by atoms with E-state index in [4.69, 9.17) is 4.42 Å². The molecule has 0 bridgehead atoms. The van der Waals surface area contributed by atoms with Crippen LogP contribution in [-0.2, 0) is 0 Å². The Balaban J connectivity index is 1.06. The van der Waals surface area contributed by atoms with E-state index in [1.165, 1.54) is 38.5 Å². The molecule has 0 saturated carbocycles. The molecule has 0 amide bonds. The number of benzene rings is 8. The predicted molar refractivity (Wildman–Crippen MR) is 214 cm³/mol. The van der Waals surface area contributed by atoms with E-state index in [9.17, 15) is 0 Å². The Kier molecular flexibility index (Phi) is 6.81. The van der Waals surface area contributed by atoms with E-state index in [-0.39, 0.29) is 0 Å². The van der Waals surface area contributed by atoms with Gasteiger partial charge in [-0.2, -0.15) is 0 Å². The Bertz CT molecular complexity index is 2790. The van der Waals surface area contributed by atoms with Crippen molar-refractivity contribution in [2.45, 2.75) is 0 Å². The normalized spacial score (nSPS) is 11.5. The van der Waals surface area contributed by atoms with Crippen molar-refractivity contribution >= 4 is 60.8 Å². The summed E-state index contributed by atoms with van der Waals surface area (Å²) in [5, 5.41) is 4.78. The van der Waals surface area contributed by atoms with Gasteiger partial charge in [-0.15, -0.1) is 0 Å². The minimum absolute atomic E-state index is 0.873. The third kappa shape index (κ3) is 4.98. The second-order valence-corrected chi connectivity index (χ2v) is 13.0. The van der Waals surface area contributed by atoms with Crippen LogP contribution in [0.25, 0.3) is 71.7 Å². The zero-order valence-corrected chi connectivity index (χ0v) is 27.8. The summed E-state index contributed by atoms with van der Waals surface area (Å²) >= 11 is 0. The Morgan fingerprint density at radius 1 is 0.333 bits per heavy atom. The summed E-state index contributed by atoms with van der Waals surface area (Å²) in [6, 6.07) is 69.1. The molecule has 2 aromatic heterocycles. The largest absolute Gasteiger partial charge is 0.456 e. The van der Waals surface area contributed by atoms with Gasteiger partial charge < -0.3 is 13.9 Å². The first kappa shape index (κ1) is 29.1. The summed E-state index contributed by atoms with van der Waals surface area (Å²) in [5.74, 6) is 0. The minimum atomic E-state index is 0.873. The molecule has 3 nitrogen and oxygen atoms in total. The van der Waals surface area contributed by atoms with E-state index < -0.39 is 0 Å². The number of hydrogen-bond acceptors (Lipinski definition) is 2. The molecule has 0 N–H and O–H groups in total. The van der Waals surface area contributed by atoms with Crippen molar-refractivity contribution in [1.82, 2.24) is 4.57 Å². The van der Waals surface area contributed by atoms with Crippen LogP contribution in [-0.4, -0.2) is 4.57 Å². The van der Waals surface area contributed by atoms with Crippen LogP contribution >= 0.6 is 0 Å². The van der Waals surface area contributed by atoms with E-state index in [0.29, 0.717) is 0 Å². The van der Waals surface area contributed by atoms with Crippen LogP contribution in [0.3, 0.4) is 0 Å². The number of aromatic nitrogens is 1. The lowest BCUT2D eigenvalue weighted by Crippen LogP contribution is -2.09. The fourth-order valence-corrected chi connectivity index (χ4v) is 7.56. The van der Waals surface area contributed by atoms with Crippen molar-refractivity contribution in [3.63, 3.8) is 0 Å². The molecule has 2 heterocycles. The lowest BCUT2D eigenvalue weighted by molar-refractivity contribution is 0.669. The van der Waals surface area contributed by atoms with Crippen LogP contribution in [0.4, 0.5) is 17.1 Å². The molecule has 51 heavy (non-hydrogen) atoms. The van der Waals surface area contributed by atoms with Crippen molar-refractivity contribution < 1.29 is 4.42 Å². The number of rotatable bonds is 6. The monoisotopic (exact) mass is 652 g/mol. The molecule has 0 fully saturated rings. The molecule has 0 aliphatic carbocycles. The molecule has 10 aromatic rings. The average molecular weight is 653 g/mol. The molecular formula is C48H32N2O. The highest BCUT2D eigenvalue weighted by atomic mass is 16.3. The molecule has 0 unspecified atom stereocenters. The van der Waals surface area contributed by atoms with Gasteiger partial charge in [-0.05, 0) is 89.0 Å². The lowest BCUT2D eigenvalue weighted by Gasteiger charge is -2.26. The predicted octanol–water partition coefficient (Wildman–Crippen LogP) is 13.5. The summed E-state index contributed by atoms with van der Waals surface area (Å²) in [6.07, 6.45) is 0. The van der Waals surface area contributed by atoms with Gasteiger partial charge in [-0.1, -0.05) is 121 Å². The molecule has 0 atom stereocenters. The highest BCUT2D eigenvalue weighted by Crippen LogP contribution is 2.40. The Labute approximate surface area is 295 Å². The van der Waals surface area contributed by atoms with Crippen LogP contribution in [0.1, 0.15) is 0 Å². The second-order valence-electron chi connectivity index (χ2n) is 13.0. The molecule has 0 spiro atoms. The van der Waals surface area contributed by atoms with Gasteiger partial charge in [0.15, 0.2) is 0 Å². The van der Waals surface area contributed by atoms with Gasteiger partial charge in [-0.25, -0.2) is 0 Å². The summed E-state index contributed by atoms with van der Waals surface area (Å²) in [7, 11) is 0. The van der Waals surface area contributed by atoms with Crippen LogP contribution in [0.5, 0.6) is 0 Å². The fourth-order valence-electron chi connectivity index (χ4n) is 7.56. The Morgan fingerprint density at radius 3 is 1.53 bits per heavy atom. The van der Waals surface area contributed by atoms with Crippen molar-refractivity contribution in [3.05, 3.63) is 194 Å². The lowest BCUT2D eigenvalue weighted by atomic mass is 10.0. The molecule has 240 valence electrons. The molecular weight excluding hydrogens is 621 g/mol. The average Bonchev–Trinajstić information content (AvgIpc) is 3.74. The summed E-state index contributed by atoms with van der Waals surface area (Å²) in [5.41, 5.74) is 13.2. The first-order valence-corrected chi connectivity index (χ1v) is 17.3. The standard InChI is InChI=1S/C48H32N2O/c1-2-11-33(12-3-1)34-21-25-37(26-22-34)49(40-29-30-44-43-17-6-9-20-47(43)51-48(44)32-40)38-27-23-35(24-28-38)36-13-10-14-39(31-36)50-45-18-7-4-15-41(45)42-16-5-8-19-46(42)50/h1-32H. The summed E-state index contributed by atoms with van der Waals surface area (Å²) < 4.78 is 8.71. The first-order valence-electron chi connectivity index (χ1n) is 17.3. The van der Waals surface area contributed by atoms with Gasteiger partial charge >= 0.3 is 0 Å². The number of anilines is 3. The van der Waals surface area contributed by atoms with Crippen LogP contribution in [0.2, 0.25) is 0 Å². The Hall–Kier alpha value is -6.84.